The van der Waals surface area contributed by atoms with Gasteiger partial charge in [0, 0.05) is 17.7 Å². The van der Waals surface area contributed by atoms with Crippen LogP contribution in [0.5, 0.6) is 17.2 Å². The maximum absolute atomic E-state index is 12.4. The normalized spacial score (nSPS) is 15.5. The highest BCUT2D eigenvalue weighted by Crippen LogP contribution is 2.30. The number of hydrazone groups is 1. The topological polar surface area (TPSA) is 109 Å². The fraction of sp³-hybridized carbons (Fsp3) is 0.286. The first-order valence-corrected chi connectivity index (χ1v) is 9.33. The summed E-state index contributed by atoms with van der Waals surface area (Å²) < 4.78 is 11.2. The van der Waals surface area contributed by atoms with Gasteiger partial charge in [0.15, 0.2) is 11.5 Å². The lowest BCUT2D eigenvalue weighted by molar-refractivity contribution is -0.130. The Morgan fingerprint density at radius 3 is 2.72 bits per heavy atom. The van der Waals surface area contributed by atoms with Gasteiger partial charge in [0.05, 0.1) is 5.71 Å². The van der Waals surface area contributed by atoms with E-state index in [1.807, 2.05) is 13.0 Å². The Bertz CT molecular complexity index is 942. The van der Waals surface area contributed by atoms with E-state index in [1.54, 1.807) is 37.3 Å². The number of nitrogens with zero attached hydrogens (tertiary/aromatic N) is 1. The van der Waals surface area contributed by atoms with Crippen LogP contribution in [0.15, 0.2) is 47.6 Å². The number of anilines is 1. The van der Waals surface area contributed by atoms with Crippen molar-refractivity contribution in [1.82, 2.24) is 5.43 Å². The number of phenols is 1. The number of para-hydroxylation sites is 2. The number of phenolic OH excluding ortho intramolecular Hbond substituents is 1. The standard InChI is InChI=1S/C21H23N3O5/c1-3-6-20(26)22-14-9-10-16(25)15(11-14)13(2)23-24-21(27)19-12-28-17-7-4-5-8-18(17)29-19/h4-5,7-11,19,25H,3,6,12H2,1-2H3,(H,22,26)(H,24,27)/b23-13+/t19-/m0/s1. The summed E-state index contributed by atoms with van der Waals surface area (Å²) in [5.41, 5.74) is 3.74. The average molecular weight is 397 g/mol. The number of fused-ring (bicyclic) bond motifs is 1. The van der Waals surface area contributed by atoms with E-state index >= 15 is 0 Å². The van der Waals surface area contributed by atoms with Gasteiger partial charge in [-0.05, 0) is 43.7 Å². The van der Waals surface area contributed by atoms with Crippen molar-refractivity contribution in [3.8, 4) is 17.2 Å². The lowest BCUT2D eigenvalue weighted by Crippen LogP contribution is -2.42. The Labute approximate surface area is 168 Å². The third-order valence-electron chi connectivity index (χ3n) is 4.28. The van der Waals surface area contributed by atoms with Crippen molar-refractivity contribution in [2.75, 3.05) is 11.9 Å². The summed E-state index contributed by atoms with van der Waals surface area (Å²) in [5.74, 6) is 0.489. The number of benzene rings is 2. The molecule has 1 aliphatic heterocycles. The second-order valence-corrected chi connectivity index (χ2v) is 6.57. The zero-order chi connectivity index (χ0) is 20.8. The van der Waals surface area contributed by atoms with Crippen molar-refractivity contribution in [2.24, 2.45) is 5.10 Å². The van der Waals surface area contributed by atoms with Crippen LogP contribution in [0.1, 0.15) is 32.3 Å². The van der Waals surface area contributed by atoms with Crippen LogP contribution in [-0.4, -0.2) is 35.3 Å². The Balaban J connectivity index is 1.66. The molecule has 29 heavy (non-hydrogen) atoms. The molecule has 1 atom stereocenters. The zero-order valence-corrected chi connectivity index (χ0v) is 16.3. The van der Waals surface area contributed by atoms with Gasteiger partial charge in [0.25, 0.3) is 5.91 Å². The van der Waals surface area contributed by atoms with Crippen LogP contribution in [0.25, 0.3) is 0 Å². The van der Waals surface area contributed by atoms with Gasteiger partial charge >= 0.3 is 0 Å². The summed E-state index contributed by atoms with van der Waals surface area (Å²) in [6.07, 6.45) is 0.307. The third kappa shape index (κ3) is 5.04. The van der Waals surface area contributed by atoms with Crippen LogP contribution in [0.3, 0.4) is 0 Å². The van der Waals surface area contributed by atoms with Gasteiger partial charge in [-0.2, -0.15) is 5.10 Å². The van der Waals surface area contributed by atoms with Gasteiger partial charge in [-0.1, -0.05) is 19.1 Å². The first kappa shape index (κ1) is 20.2. The summed E-state index contributed by atoms with van der Waals surface area (Å²) in [6, 6.07) is 11.8. The van der Waals surface area contributed by atoms with E-state index in [4.69, 9.17) is 9.47 Å². The van der Waals surface area contributed by atoms with Gasteiger partial charge < -0.3 is 19.9 Å². The van der Waals surface area contributed by atoms with Gasteiger partial charge in [-0.15, -0.1) is 0 Å². The van der Waals surface area contributed by atoms with Crippen LogP contribution in [-0.2, 0) is 9.59 Å². The Morgan fingerprint density at radius 2 is 1.97 bits per heavy atom. The Hall–Kier alpha value is -3.55. The second kappa shape index (κ2) is 9.09. The van der Waals surface area contributed by atoms with Gasteiger partial charge in [-0.25, -0.2) is 5.43 Å². The van der Waals surface area contributed by atoms with E-state index in [1.165, 1.54) is 6.07 Å². The highest BCUT2D eigenvalue weighted by Gasteiger charge is 2.27. The first-order valence-electron chi connectivity index (χ1n) is 9.33. The predicted octanol–water partition coefficient (Wildman–Crippen LogP) is 2.81. The number of hydrogen-bond acceptors (Lipinski definition) is 6. The van der Waals surface area contributed by atoms with E-state index in [-0.39, 0.29) is 18.3 Å². The van der Waals surface area contributed by atoms with Crippen molar-refractivity contribution in [1.29, 1.82) is 0 Å². The number of carbonyl (C=O) groups is 2. The van der Waals surface area contributed by atoms with Crippen LogP contribution in [0.4, 0.5) is 5.69 Å². The monoisotopic (exact) mass is 397 g/mol. The van der Waals surface area contributed by atoms with Crippen LogP contribution in [0.2, 0.25) is 0 Å². The molecule has 2 aromatic carbocycles. The van der Waals surface area contributed by atoms with E-state index in [9.17, 15) is 14.7 Å². The number of rotatable bonds is 6. The molecular formula is C21H23N3O5. The smallest absolute Gasteiger partial charge is 0.284 e. The second-order valence-electron chi connectivity index (χ2n) is 6.57. The van der Waals surface area contributed by atoms with Crippen LogP contribution < -0.4 is 20.2 Å². The van der Waals surface area contributed by atoms with Crippen molar-refractivity contribution in [3.05, 3.63) is 48.0 Å². The minimum atomic E-state index is -0.838. The molecule has 0 saturated heterocycles. The number of nitrogens with one attached hydrogen (secondary N) is 2. The highest BCUT2D eigenvalue weighted by molar-refractivity contribution is 6.03. The molecule has 0 bridgehead atoms. The van der Waals surface area contributed by atoms with Crippen LogP contribution >= 0.6 is 0 Å². The third-order valence-corrected chi connectivity index (χ3v) is 4.28. The molecule has 0 aliphatic carbocycles. The van der Waals surface area contributed by atoms with Crippen molar-refractivity contribution >= 4 is 23.2 Å². The molecule has 0 saturated carbocycles. The van der Waals surface area contributed by atoms with E-state index < -0.39 is 12.0 Å². The molecule has 8 heteroatoms. The lowest BCUT2D eigenvalue weighted by Gasteiger charge is -2.24. The molecule has 1 aliphatic rings. The number of ether oxygens (including phenoxy) is 2. The molecule has 3 rings (SSSR count). The molecule has 1 heterocycles. The SMILES string of the molecule is CCCC(=O)Nc1ccc(O)c(/C(C)=N/NC(=O)[C@@H]2COc3ccccc3O2)c1. The zero-order valence-electron chi connectivity index (χ0n) is 16.3. The van der Waals surface area contributed by atoms with E-state index in [0.717, 1.165) is 6.42 Å². The van der Waals surface area contributed by atoms with Gasteiger partial charge in [0.1, 0.15) is 12.4 Å². The van der Waals surface area contributed by atoms with Crippen LogP contribution in [0, 0.1) is 0 Å². The fourth-order valence-corrected chi connectivity index (χ4v) is 2.77. The minimum Gasteiger partial charge on any atom is -0.507 e. The molecule has 0 aromatic heterocycles. The predicted molar refractivity (Wildman–Crippen MR) is 108 cm³/mol. The van der Waals surface area contributed by atoms with Crippen molar-refractivity contribution in [3.63, 3.8) is 0 Å². The number of aromatic hydroxyl groups is 1. The fourth-order valence-electron chi connectivity index (χ4n) is 2.77. The summed E-state index contributed by atoms with van der Waals surface area (Å²) in [5, 5.41) is 16.9. The van der Waals surface area contributed by atoms with Crippen molar-refractivity contribution < 1.29 is 24.2 Å². The molecule has 0 spiro atoms. The molecule has 152 valence electrons. The lowest BCUT2D eigenvalue weighted by atomic mass is 10.1. The molecular weight excluding hydrogens is 374 g/mol. The minimum absolute atomic E-state index is 0.0137. The van der Waals surface area contributed by atoms with E-state index in [2.05, 4.69) is 15.8 Å². The summed E-state index contributed by atoms with van der Waals surface area (Å²) >= 11 is 0. The van der Waals surface area contributed by atoms with Crippen molar-refractivity contribution in [2.45, 2.75) is 32.8 Å². The largest absolute Gasteiger partial charge is 0.507 e. The average Bonchev–Trinajstić information content (AvgIpc) is 2.73. The molecule has 8 nitrogen and oxygen atoms in total. The number of amides is 2. The van der Waals surface area contributed by atoms with Gasteiger partial charge in [0.2, 0.25) is 12.0 Å². The molecule has 0 fully saturated rings. The first-order chi connectivity index (χ1) is 14.0. The molecule has 0 radical (unpaired) electrons. The van der Waals surface area contributed by atoms with E-state index in [0.29, 0.717) is 34.9 Å². The molecule has 0 unspecified atom stereocenters. The molecule has 2 amide bonds. The molecule has 2 aromatic rings. The maximum atomic E-state index is 12.4. The summed E-state index contributed by atoms with van der Waals surface area (Å²) in [6.45, 7) is 3.63. The molecule has 3 N–H and O–H groups in total. The Morgan fingerprint density at radius 1 is 1.21 bits per heavy atom. The highest BCUT2D eigenvalue weighted by atomic mass is 16.6. The van der Waals surface area contributed by atoms with Gasteiger partial charge in [-0.3, -0.25) is 9.59 Å². The summed E-state index contributed by atoms with van der Waals surface area (Å²) in [4.78, 5) is 24.1. The quantitative estimate of drug-likeness (QED) is 0.395. The Kier molecular flexibility index (Phi) is 6.33. The number of hydrogen-bond donors (Lipinski definition) is 3. The maximum Gasteiger partial charge on any atom is 0.284 e. The summed E-state index contributed by atoms with van der Waals surface area (Å²) in [7, 11) is 0. The number of carbonyl (C=O) groups excluding carboxylic acids is 2.